The molecule has 0 saturated heterocycles. The first-order valence-corrected chi connectivity index (χ1v) is 5.53. The van der Waals surface area contributed by atoms with Gasteiger partial charge in [0.2, 0.25) is 0 Å². The Morgan fingerprint density at radius 3 is 1.80 bits per heavy atom. The molecular formula is C14H19Pd. The Morgan fingerprint density at radius 2 is 1.40 bits per heavy atom. The van der Waals surface area contributed by atoms with Gasteiger partial charge in [-0.25, -0.2) is 0 Å². The number of rotatable bonds is 1. The summed E-state index contributed by atoms with van der Waals surface area (Å²) < 4.78 is 0. The first kappa shape index (κ1) is 14.6. The topological polar surface area (TPSA) is 0 Å². The average molecular weight is 294 g/mol. The maximum Gasteiger partial charge on any atom is 0 e. The Labute approximate surface area is 107 Å². The van der Waals surface area contributed by atoms with E-state index >= 15 is 0 Å². The fraction of sp³-hybridized carbons (Fsp3) is 0.429. The number of hydrogen-bond acceptors (Lipinski definition) is 0. The van der Waals surface area contributed by atoms with Crippen molar-refractivity contribution in [2.45, 2.75) is 39.0 Å². The molecule has 1 heteroatoms. The molecule has 1 aliphatic carbocycles. The second-order valence-electron chi connectivity index (χ2n) is 3.57. The van der Waals surface area contributed by atoms with Crippen LogP contribution in [0, 0.1) is 6.08 Å². The fourth-order valence-electron chi connectivity index (χ4n) is 1.58. The van der Waals surface area contributed by atoms with Crippen LogP contribution >= 0.6 is 0 Å². The summed E-state index contributed by atoms with van der Waals surface area (Å²) in [5.41, 5.74) is 1.14. The molecular weight excluding hydrogens is 275 g/mol. The van der Waals surface area contributed by atoms with Gasteiger partial charge < -0.3 is 0 Å². The fourth-order valence-corrected chi connectivity index (χ4v) is 1.58. The van der Waals surface area contributed by atoms with Crippen molar-refractivity contribution < 1.29 is 20.4 Å². The van der Waals surface area contributed by atoms with Crippen LogP contribution in [0.25, 0.3) is 0 Å². The number of hydrogen-bond donors (Lipinski definition) is 0. The molecule has 0 nitrogen and oxygen atoms in total. The van der Waals surface area contributed by atoms with E-state index in [0.717, 1.165) is 5.56 Å². The molecule has 1 saturated carbocycles. The monoisotopic (exact) mass is 293 g/mol. The molecule has 0 aromatic heterocycles. The number of allylic oxidation sites excluding steroid dienone is 1. The summed E-state index contributed by atoms with van der Waals surface area (Å²) in [5, 5.41) is 0. The molecule has 0 spiro atoms. The third kappa shape index (κ3) is 7.54. The molecule has 0 bridgehead atoms. The smallest absolute Gasteiger partial charge is 0 e. The number of benzene rings is 1. The molecule has 0 aliphatic heterocycles. The molecule has 15 heavy (non-hydrogen) atoms. The van der Waals surface area contributed by atoms with E-state index in [1.165, 1.54) is 32.1 Å². The zero-order valence-electron chi connectivity index (χ0n) is 9.32. The van der Waals surface area contributed by atoms with Crippen LogP contribution in [0.2, 0.25) is 0 Å². The third-order valence-electron chi connectivity index (χ3n) is 2.33. The largest absolute Gasteiger partial charge is 0.0792 e. The maximum absolute atomic E-state index is 3.08. The Hall–Kier alpha value is -0.378. The summed E-state index contributed by atoms with van der Waals surface area (Å²) in [7, 11) is 0. The van der Waals surface area contributed by atoms with Gasteiger partial charge in [-0.05, 0) is 18.6 Å². The molecule has 1 aromatic carbocycles. The minimum atomic E-state index is 0. The van der Waals surface area contributed by atoms with E-state index in [0.29, 0.717) is 0 Å². The normalized spacial score (nSPS) is 14.2. The Bertz CT molecular complexity index is 240. The summed E-state index contributed by atoms with van der Waals surface area (Å²) in [6.45, 7) is 1.97. The first-order valence-electron chi connectivity index (χ1n) is 5.53. The van der Waals surface area contributed by atoms with Crippen molar-refractivity contribution in [1.29, 1.82) is 0 Å². The molecule has 1 fully saturated rings. The van der Waals surface area contributed by atoms with Crippen LogP contribution in [0.4, 0.5) is 0 Å². The molecule has 0 amide bonds. The average Bonchev–Trinajstić information content (AvgIpc) is 2.78. The molecule has 0 heterocycles. The maximum atomic E-state index is 3.08. The Balaban J connectivity index is 0.000000280. The van der Waals surface area contributed by atoms with Gasteiger partial charge in [0.25, 0.3) is 0 Å². The second kappa shape index (κ2) is 10.2. The van der Waals surface area contributed by atoms with Gasteiger partial charge in [-0.1, -0.05) is 68.5 Å². The molecule has 0 unspecified atom stereocenters. The van der Waals surface area contributed by atoms with Crippen LogP contribution in [0.3, 0.4) is 0 Å². The van der Waals surface area contributed by atoms with Crippen molar-refractivity contribution in [2.75, 3.05) is 0 Å². The van der Waals surface area contributed by atoms with Gasteiger partial charge in [0.05, 0.1) is 0 Å². The summed E-state index contributed by atoms with van der Waals surface area (Å²) in [4.78, 5) is 0. The standard InChI is InChI=1S/C9H9.C5H10.Pd/c1-2-6-9-7-4-3-5-8-9;1-2-4-5-3-1;/h2-5,7-8H,1H3;1-5H2;. The van der Waals surface area contributed by atoms with Crippen molar-refractivity contribution in [3.63, 3.8) is 0 Å². The van der Waals surface area contributed by atoms with Gasteiger partial charge in [-0.2, -0.15) is 0 Å². The Morgan fingerprint density at radius 1 is 0.933 bits per heavy atom. The van der Waals surface area contributed by atoms with Gasteiger partial charge in [-0.3, -0.25) is 0 Å². The molecule has 0 N–H and O–H groups in total. The van der Waals surface area contributed by atoms with E-state index in [-0.39, 0.29) is 20.4 Å². The molecule has 85 valence electrons. The van der Waals surface area contributed by atoms with Gasteiger partial charge >= 0.3 is 0 Å². The van der Waals surface area contributed by atoms with E-state index in [9.17, 15) is 0 Å². The summed E-state index contributed by atoms with van der Waals surface area (Å²) in [5.74, 6) is 0. The van der Waals surface area contributed by atoms with E-state index < -0.39 is 0 Å². The van der Waals surface area contributed by atoms with Crippen LogP contribution in [0.1, 0.15) is 44.6 Å². The quantitative estimate of drug-likeness (QED) is 0.675. The van der Waals surface area contributed by atoms with Crippen LogP contribution in [0.5, 0.6) is 0 Å². The molecule has 1 radical (unpaired) electrons. The van der Waals surface area contributed by atoms with E-state index in [1.807, 2.05) is 43.3 Å². The van der Waals surface area contributed by atoms with Gasteiger partial charge in [0.15, 0.2) is 0 Å². The minimum absolute atomic E-state index is 0. The predicted octanol–water partition coefficient (Wildman–Crippen LogP) is 4.36. The zero-order chi connectivity index (χ0) is 10.1. The third-order valence-corrected chi connectivity index (χ3v) is 2.33. The SMILES string of the molecule is C1CCCC1.CC=[C]c1ccccc1.[Pd]. The summed E-state index contributed by atoms with van der Waals surface area (Å²) in [6, 6.07) is 10.1. The van der Waals surface area contributed by atoms with Crippen LogP contribution < -0.4 is 0 Å². The van der Waals surface area contributed by atoms with Gasteiger partial charge in [0, 0.05) is 20.4 Å². The van der Waals surface area contributed by atoms with Gasteiger partial charge in [-0.15, -0.1) is 0 Å². The molecule has 1 aliphatic rings. The molecule has 2 rings (SSSR count). The van der Waals surface area contributed by atoms with E-state index in [4.69, 9.17) is 0 Å². The summed E-state index contributed by atoms with van der Waals surface area (Å²) in [6.07, 6.45) is 12.5. The van der Waals surface area contributed by atoms with Crippen LogP contribution in [-0.4, -0.2) is 0 Å². The second-order valence-corrected chi connectivity index (χ2v) is 3.57. The predicted molar refractivity (Wildman–Crippen MR) is 62.1 cm³/mol. The van der Waals surface area contributed by atoms with Crippen LogP contribution in [0.15, 0.2) is 36.4 Å². The molecule has 1 aromatic rings. The Kier molecular flexibility index (Phi) is 9.90. The van der Waals surface area contributed by atoms with Crippen molar-refractivity contribution in [3.05, 3.63) is 48.0 Å². The van der Waals surface area contributed by atoms with E-state index in [1.54, 1.807) is 0 Å². The van der Waals surface area contributed by atoms with Crippen molar-refractivity contribution >= 4 is 0 Å². The zero-order valence-corrected chi connectivity index (χ0v) is 10.9. The van der Waals surface area contributed by atoms with Crippen molar-refractivity contribution in [1.82, 2.24) is 0 Å². The van der Waals surface area contributed by atoms with Gasteiger partial charge in [0.1, 0.15) is 0 Å². The minimum Gasteiger partial charge on any atom is -0.0792 e. The van der Waals surface area contributed by atoms with Crippen molar-refractivity contribution in [3.8, 4) is 0 Å². The van der Waals surface area contributed by atoms with Crippen molar-refractivity contribution in [2.24, 2.45) is 0 Å². The summed E-state index contributed by atoms with van der Waals surface area (Å²) >= 11 is 0. The van der Waals surface area contributed by atoms with Crippen LogP contribution in [-0.2, 0) is 20.4 Å². The first-order chi connectivity index (χ1) is 6.93. The van der Waals surface area contributed by atoms with E-state index in [2.05, 4.69) is 6.08 Å². The molecule has 0 atom stereocenters.